The Morgan fingerprint density at radius 2 is 2.39 bits per heavy atom. The first kappa shape index (κ1) is 12.7. The maximum atomic E-state index is 10.8. The largest absolute Gasteiger partial charge is 0.478 e. The van der Waals surface area contributed by atoms with E-state index in [9.17, 15) is 4.79 Å². The summed E-state index contributed by atoms with van der Waals surface area (Å²) in [6.45, 7) is 0.570. The summed E-state index contributed by atoms with van der Waals surface area (Å²) in [6.07, 6.45) is 3.81. The van der Waals surface area contributed by atoms with Gasteiger partial charge in [0.15, 0.2) is 0 Å². The quantitative estimate of drug-likeness (QED) is 0.884. The number of aromatic nitrogens is 1. The Kier molecular flexibility index (Phi) is 3.68. The smallest absolute Gasteiger partial charge is 0.337 e. The van der Waals surface area contributed by atoms with Crippen LogP contribution in [0, 0.1) is 11.3 Å². The van der Waals surface area contributed by atoms with Crippen LogP contribution in [0.5, 0.6) is 0 Å². The number of carbonyl (C=O) groups is 1. The minimum atomic E-state index is -1.05. The van der Waals surface area contributed by atoms with E-state index in [1.807, 2.05) is 4.90 Å². The van der Waals surface area contributed by atoms with Crippen molar-refractivity contribution in [3.8, 4) is 6.07 Å². The topological polar surface area (TPSA) is 77.2 Å². The van der Waals surface area contributed by atoms with Crippen molar-refractivity contribution in [3.63, 3.8) is 0 Å². The van der Waals surface area contributed by atoms with Crippen LogP contribution in [-0.4, -0.2) is 28.6 Å². The van der Waals surface area contributed by atoms with Crippen LogP contribution < -0.4 is 4.90 Å². The van der Waals surface area contributed by atoms with Crippen LogP contribution in [-0.2, 0) is 0 Å². The molecule has 0 saturated heterocycles. The maximum absolute atomic E-state index is 10.8. The molecule has 0 radical (unpaired) electrons. The first-order chi connectivity index (χ1) is 8.63. The zero-order valence-electron chi connectivity index (χ0n) is 9.64. The molecule has 0 aromatic carbocycles. The Balaban J connectivity index is 2.25. The van der Waals surface area contributed by atoms with E-state index in [-0.39, 0.29) is 5.56 Å². The predicted octanol–water partition coefficient (Wildman–Crippen LogP) is 2.32. The van der Waals surface area contributed by atoms with Crippen molar-refractivity contribution >= 4 is 23.4 Å². The summed E-state index contributed by atoms with van der Waals surface area (Å²) >= 11 is 6.07. The number of nitrogens with zero attached hydrogens (tertiary/aromatic N) is 3. The first-order valence-electron chi connectivity index (χ1n) is 5.66. The molecule has 6 heteroatoms. The van der Waals surface area contributed by atoms with Crippen LogP contribution in [0.3, 0.4) is 0 Å². The highest BCUT2D eigenvalue weighted by molar-refractivity contribution is 6.33. The summed E-state index contributed by atoms with van der Waals surface area (Å²) in [5, 5.41) is 17.8. The number of anilines is 1. The summed E-state index contributed by atoms with van der Waals surface area (Å²) in [6, 6.07) is 3.86. The lowest BCUT2D eigenvalue weighted by Crippen LogP contribution is -2.28. The highest BCUT2D eigenvalue weighted by atomic mass is 35.5. The van der Waals surface area contributed by atoms with Crippen molar-refractivity contribution in [3.05, 3.63) is 22.8 Å². The molecule has 1 aromatic rings. The monoisotopic (exact) mass is 265 g/mol. The number of hydrogen-bond acceptors (Lipinski definition) is 4. The maximum Gasteiger partial charge on any atom is 0.337 e. The summed E-state index contributed by atoms with van der Waals surface area (Å²) < 4.78 is 0. The number of carboxylic acids is 1. The van der Waals surface area contributed by atoms with Crippen LogP contribution >= 0.6 is 11.6 Å². The standard InChI is InChI=1S/C12H12ClN3O2/c13-10-6-8(12(17)18)7-15-11(10)16(5-1-4-14)9-2-3-9/h6-7,9H,1-3,5H2,(H,17,18). The Hall–Kier alpha value is -1.80. The van der Waals surface area contributed by atoms with Gasteiger partial charge in [-0.15, -0.1) is 0 Å². The fourth-order valence-corrected chi connectivity index (χ4v) is 2.05. The van der Waals surface area contributed by atoms with E-state index in [2.05, 4.69) is 11.1 Å². The lowest BCUT2D eigenvalue weighted by Gasteiger charge is -2.23. The van der Waals surface area contributed by atoms with Gasteiger partial charge in [-0.25, -0.2) is 9.78 Å². The third-order valence-electron chi connectivity index (χ3n) is 2.79. The second kappa shape index (κ2) is 5.23. The molecule has 94 valence electrons. The van der Waals surface area contributed by atoms with Gasteiger partial charge in [-0.2, -0.15) is 5.26 Å². The average Bonchev–Trinajstić information content (AvgIpc) is 3.15. The molecule has 0 bridgehead atoms. The summed E-state index contributed by atoms with van der Waals surface area (Å²) in [7, 11) is 0. The summed E-state index contributed by atoms with van der Waals surface area (Å²) in [5.41, 5.74) is 0.0692. The molecule has 1 aliphatic rings. The zero-order chi connectivity index (χ0) is 13.1. The van der Waals surface area contributed by atoms with E-state index in [1.165, 1.54) is 12.3 Å². The number of aromatic carboxylic acids is 1. The summed E-state index contributed by atoms with van der Waals surface area (Å²) in [4.78, 5) is 16.9. The fraction of sp³-hybridized carbons (Fsp3) is 0.417. The molecule has 1 aliphatic carbocycles. The number of carboxylic acid groups (broad SMARTS) is 1. The normalized spacial score (nSPS) is 14.0. The average molecular weight is 266 g/mol. The molecular weight excluding hydrogens is 254 g/mol. The zero-order valence-corrected chi connectivity index (χ0v) is 10.4. The minimum absolute atomic E-state index is 0.0692. The Bertz CT molecular complexity index is 509. The Morgan fingerprint density at radius 3 is 2.89 bits per heavy atom. The van der Waals surface area contributed by atoms with Crippen molar-refractivity contribution in [2.75, 3.05) is 11.4 Å². The van der Waals surface area contributed by atoms with Crippen molar-refractivity contribution < 1.29 is 9.90 Å². The number of hydrogen-bond donors (Lipinski definition) is 1. The first-order valence-corrected chi connectivity index (χ1v) is 6.03. The van der Waals surface area contributed by atoms with Gasteiger partial charge in [0.1, 0.15) is 5.82 Å². The van der Waals surface area contributed by atoms with Crippen LogP contribution in [0.2, 0.25) is 5.02 Å². The van der Waals surface area contributed by atoms with Gasteiger partial charge in [-0.3, -0.25) is 0 Å². The summed E-state index contributed by atoms with van der Waals surface area (Å²) in [5.74, 6) is -0.481. The lowest BCUT2D eigenvalue weighted by molar-refractivity contribution is 0.0696. The van der Waals surface area contributed by atoms with Crippen molar-refractivity contribution in [2.45, 2.75) is 25.3 Å². The minimum Gasteiger partial charge on any atom is -0.478 e. The highest BCUT2D eigenvalue weighted by Gasteiger charge is 2.31. The predicted molar refractivity (Wildman–Crippen MR) is 66.8 cm³/mol. The van der Waals surface area contributed by atoms with E-state index in [4.69, 9.17) is 22.0 Å². The van der Waals surface area contributed by atoms with Gasteiger partial charge in [0.2, 0.25) is 0 Å². The molecule has 1 saturated carbocycles. The highest BCUT2D eigenvalue weighted by Crippen LogP contribution is 2.34. The second-order valence-electron chi connectivity index (χ2n) is 4.17. The SMILES string of the molecule is N#CCCN(c1ncc(C(=O)O)cc1Cl)C1CC1. The van der Waals surface area contributed by atoms with E-state index in [0.29, 0.717) is 29.8 Å². The number of rotatable bonds is 5. The van der Waals surface area contributed by atoms with Crippen LogP contribution in [0.4, 0.5) is 5.82 Å². The molecule has 5 nitrogen and oxygen atoms in total. The molecule has 0 aliphatic heterocycles. The third-order valence-corrected chi connectivity index (χ3v) is 3.07. The van der Waals surface area contributed by atoms with Gasteiger partial charge in [0, 0.05) is 18.8 Å². The molecule has 0 unspecified atom stereocenters. The molecule has 18 heavy (non-hydrogen) atoms. The molecule has 1 N–H and O–H groups in total. The molecular formula is C12H12ClN3O2. The molecule has 2 rings (SSSR count). The van der Waals surface area contributed by atoms with Gasteiger partial charge in [0.05, 0.1) is 23.1 Å². The number of halogens is 1. The van der Waals surface area contributed by atoms with Gasteiger partial charge >= 0.3 is 5.97 Å². The van der Waals surface area contributed by atoms with Gasteiger partial charge in [-0.05, 0) is 18.9 Å². The van der Waals surface area contributed by atoms with Crippen molar-refractivity contribution in [1.82, 2.24) is 4.98 Å². The Morgan fingerprint density at radius 1 is 1.67 bits per heavy atom. The van der Waals surface area contributed by atoms with Crippen molar-refractivity contribution in [2.24, 2.45) is 0 Å². The van der Waals surface area contributed by atoms with Crippen LogP contribution in [0.15, 0.2) is 12.3 Å². The van der Waals surface area contributed by atoms with E-state index in [1.54, 1.807) is 0 Å². The van der Waals surface area contributed by atoms with Crippen LogP contribution in [0.25, 0.3) is 0 Å². The molecule has 1 heterocycles. The lowest BCUT2D eigenvalue weighted by atomic mass is 10.2. The van der Waals surface area contributed by atoms with Gasteiger partial charge < -0.3 is 10.0 Å². The molecule has 0 spiro atoms. The second-order valence-corrected chi connectivity index (χ2v) is 4.57. The van der Waals surface area contributed by atoms with Gasteiger partial charge in [-0.1, -0.05) is 11.6 Å². The van der Waals surface area contributed by atoms with E-state index < -0.39 is 5.97 Å². The molecule has 1 fully saturated rings. The third kappa shape index (κ3) is 2.71. The van der Waals surface area contributed by atoms with Crippen LogP contribution in [0.1, 0.15) is 29.6 Å². The Labute approximate surface area is 110 Å². The van der Waals surface area contributed by atoms with Gasteiger partial charge in [0.25, 0.3) is 0 Å². The molecule has 0 atom stereocenters. The van der Waals surface area contributed by atoms with Crippen molar-refractivity contribution in [1.29, 1.82) is 5.26 Å². The van der Waals surface area contributed by atoms with E-state index in [0.717, 1.165) is 12.8 Å². The number of nitriles is 1. The molecule has 0 amide bonds. The van der Waals surface area contributed by atoms with E-state index >= 15 is 0 Å². The number of pyridine rings is 1. The fourth-order valence-electron chi connectivity index (χ4n) is 1.78. The molecule has 1 aromatic heterocycles.